The molecule has 0 saturated heterocycles. The van der Waals surface area contributed by atoms with Crippen LogP contribution in [0, 0.1) is 11.8 Å². The Labute approximate surface area is 116 Å². The van der Waals surface area contributed by atoms with E-state index in [1.165, 1.54) is 19.3 Å². The van der Waals surface area contributed by atoms with Crippen molar-refractivity contribution in [3.63, 3.8) is 0 Å². The molecule has 1 aromatic heterocycles. The van der Waals surface area contributed by atoms with Crippen LogP contribution < -0.4 is 5.32 Å². The Bertz CT molecular complexity index is 397. The van der Waals surface area contributed by atoms with Gasteiger partial charge in [-0.15, -0.1) is 0 Å². The monoisotopic (exact) mass is 316 g/mol. The van der Waals surface area contributed by atoms with Gasteiger partial charge in [0.1, 0.15) is 5.82 Å². The first kappa shape index (κ1) is 13.2. The fourth-order valence-corrected chi connectivity index (χ4v) is 3.33. The van der Waals surface area contributed by atoms with Gasteiger partial charge in [0.15, 0.2) is 0 Å². The Balaban J connectivity index is 2.05. The highest BCUT2D eigenvalue weighted by atomic mass is 79.9. The summed E-state index contributed by atoms with van der Waals surface area (Å²) >= 11 is 9.38. The maximum Gasteiger partial charge on any atom is 0.140 e. The highest BCUT2D eigenvalue weighted by molar-refractivity contribution is 9.10. The maximum atomic E-state index is 5.89. The first-order valence-electron chi connectivity index (χ1n) is 6.14. The van der Waals surface area contributed by atoms with Crippen LogP contribution in [0.25, 0.3) is 0 Å². The molecule has 0 aliphatic heterocycles. The molecule has 2 nitrogen and oxygen atoms in total. The third-order valence-electron chi connectivity index (χ3n) is 3.56. The lowest BCUT2D eigenvalue weighted by atomic mass is 9.80. The Morgan fingerprint density at radius 2 is 2.18 bits per heavy atom. The molecule has 94 valence electrons. The number of aromatic nitrogens is 1. The molecule has 1 aromatic rings. The Kier molecular flexibility index (Phi) is 4.31. The average Bonchev–Trinajstić information content (AvgIpc) is 2.25. The summed E-state index contributed by atoms with van der Waals surface area (Å²) in [6, 6.07) is 2.41. The van der Waals surface area contributed by atoms with Crippen molar-refractivity contribution in [1.29, 1.82) is 0 Å². The number of hydrogen-bond acceptors (Lipinski definition) is 2. The Morgan fingerprint density at radius 1 is 1.41 bits per heavy atom. The average molecular weight is 318 g/mol. The van der Waals surface area contributed by atoms with E-state index in [4.69, 9.17) is 11.6 Å². The molecule has 0 spiro atoms. The lowest BCUT2D eigenvalue weighted by Gasteiger charge is -2.33. The molecule has 1 aliphatic carbocycles. The van der Waals surface area contributed by atoms with Crippen molar-refractivity contribution < 1.29 is 0 Å². The topological polar surface area (TPSA) is 24.9 Å². The van der Waals surface area contributed by atoms with Gasteiger partial charge in [-0.1, -0.05) is 25.4 Å². The van der Waals surface area contributed by atoms with Crippen LogP contribution in [0.5, 0.6) is 0 Å². The second-order valence-electron chi connectivity index (χ2n) is 5.13. The molecule has 17 heavy (non-hydrogen) atoms. The largest absolute Gasteiger partial charge is 0.366 e. The highest BCUT2D eigenvalue weighted by Gasteiger charge is 2.25. The minimum atomic E-state index is 0.524. The Hall–Kier alpha value is -0.280. The molecular formula is C13H18BrClN2. The van der Waals surface area contributed by atoms with Crippen LogP contribution >= 0.6 is 27.5 Å². The summed E-state index contributed by atoms with van der Waals surface area (Å²) in [5.41, 5.74) is 0. The van der Waals surface area contributed by atoms with Crippen molar-refractivity contribution >= 4 is 33.3 Å². The van der Waals surface area contributed by atoms with Crippen LogP contribution in [0.1, 0.15) is 33.1 Å². The number of rotatable bonds is 2. The van der Waals surface area contributed by atoms with E-state index in [-0.39, 0.29) is 0 Å². The number of nitrogens with zero attached hydrogens (tertiary/aromatic N) is 1. The lowest BCUT2D eigenvalue weighted by Crippen LogP contribution is -2.33. The molecule has 2 rings (SSSR count). The lowest BCUT2D eigenvalue weighted by molar-refractivity contribution is 0.276. The standard InChI is InChI=1S/C13H18BrClN2/c1-8-3-4-12(9(2)5-8)17-13-11(14)6-10(15)7-16-13/h6-9,12H,3-5H2,1-2H3,(H,16,17). The SMILES string of the molecule is CC1CCC(Nc2ncc(Cl)cc2Br)C(C)C1. The molecule has 1 heterocycles. The number of nitrogens with one attached hydrogen (secondary N) is 1. The third-order valence-corrected chi connectivity index (χ3v) is 4.37. The van der Waals surface area contributed by atoms with E-state index in [9.17, 15) is 0 Å². The van der Waals surface area contributed by atoms with Gasteiger partial charge in [-0.3, -0.25) is 0 Å². The summed E-state index contributed by atoms with van der Waals surface area (Å²) in [5, 5.41) is 4.19. The summed E-state index contributed by atoms with van der Waals surface area (Å²) in [5.74, 6) is 2.45. The molecule has 0 radical (unpaired) electrons. The summed E-state index contributed by atoms with van der Waals surface area (Å²) in [6.07, 6.45) is 5.50. The van der Waals surface area contributed by atoms with Gasteiger partial charge in [0.25, 0.3) is 0 Å². The van der Waals surface area contributed by atoms with E-state index in [0.29, 0.717) is 17.0 Å². The predicted molar refractivity (Wildman–Crippen MR) is 76.5 cm³/mol. The molecule has 0 amide bonds. The second-order valence-corrected chi connectivity index (χ2v) is 6.42. The van der Waals surface area contributed by atoms with Crippen LogP contribution in [0.15, 0.2) is 16.7 Å². The van der Waals surface area contributed by atoms with Gasteiger partial charge in [0, 0.05) is 12.2 Å². The van der Waals surface area contributed by atoms with Crippen molar-refractivity contribution in [3.05, 3.63) is 21.8 Å². The van der Waals surface area contributed by atoms with E-state index in [0.717, 1.165) is 16.2 Å². The fraction of sp³-hybridized carbons (Fsp3) is 0.615. The summed E-state index contributed by atoms with van der Waals surface area (Å²) in [6.45, 7) is 4.65. The van der Waals surface area contributed by atoms with Crippen molar-refractivity contribution in [3.8, 4) is 0 Å². The molecule has 1 fully saturated rings. The zero-order valence-corrected chi connectivity index (χ0v) is 12.6. The molecule has 1 N–H and O–H groups in total. The molecule has 4 heteroatoms. The van der Waals surface area contributed by atoms with Gasteiger partial charge in [0.2, 0.25) is 0 Å². The normalized spacial score (nSPS) is 29.1. The zero-order valence-electron chi connectivity index (χ0n) is 10.2. The van der Waals surface area contributed by atoms with Crippen molar-refractivity contribution in [1.82, 2.24) is 4.98 Å². The van der Waals surface area contributed by atoms with Gasteiger partial charge in [-0.05, 0) is 53.1 Å². The van der Waals surface area contributed by atoms with Crippen LogP contribution in [0.3, 0.4) is 0 Å². The van der Waals surface area contributed by atoms with E-state index >= 15 is 0 Å². The van der Waals surface area contributed by atoms with Gasteiger partial charge < -0.3 is 5.32 Å². The van der Waals surface area contributed by atoms with Gasteiger partial charge >= 0.3 is 0 Å². The highest BCUT2D eigenvalue weighted by Crippen LogP contribution is 2.32. The first-order chi connectivity index (χ1) is 8.06. The van der Waals surface area contributed by atoms with E-state index in [1.54, 1.807) is 6.20 Å². The smallest absolute Gasteiger partial charge is 0.140 e. The minimum Gasteiger partial charge on any atom is -0.366 e. The van der Waals surface area contributed by atoms with Gasteiger partial charge in [-0.2, -0.15) is 0 Å². The number of hydrogen-bond donors (Lipinski definition) is 1. The quantitative estimate of drug-likeness (QED) is 0.852. The zero-order chi connectivity index (χ0) is 12.4. The van der Waals surface area contributed by atoms with Crippen LogP contribution in [-0.4, -0.2) is 11.0 Å². The molecular weight excluding hydrogens is 300 g/mol. The van der Waals surface area contributed by atoms with Gasteiger partial charge in [0.05, 0.1) is 9.50 Å². The molecule has 3 atom stereocenters. The van der Waals surface area contributed by atoms with Crippen LogP contribution in [0.2, 0.25) is 5.02 Å². The molecule has 1 aliphatic rings. The van der Waals surface area contributed by atoms with Crippen LogP contribution in [0.4, 0.5) is 5.82 Å². The first-order valence-corrected chi connectivity index (χ1v) is 7.31. The maximum absolute atomic E-state index is 5.89. The molecule has 0 aromatic carbocycles. The van der Waals surface area contributed by atoms with Crippen molar-refractivity contribution in [2.24, 2.45) is 11.8 Å². The molecule has 0 bridgehead atoms. The number of anilines is 1. The summed E-state index contributed by atoms with van der Waals surface area (Å²) in [4.78, 5) is 4.34. The minimum absolute atomic E-state index is 0.524. The van der Waals surface area contributed by atoms with Gasteiger partial charge in [-0.25, -0.2) is 4.98 Å². The summed E-state index contributed by atoms with van der Waals surface area (Å²) in [7, 11) is 0. The van der Waals surface area contributed by atoms with E-state index in [1.807, 2.05) is 6.07 Å². The van der Waals surface area contributed by atoms with Crippen LogP contribution in [-0.2, 0) is 0 Å². The predicted octanol–water partition coefficient (Wildman–Crippen LogP) is 4.73. The van der Waals surface area contributed by atoms with Crippen molar-refractivity contribution in [2.45, 2.75) is 39.2 Å². The number of halogens is 2. The summed E-state index contributed by atoms with van der Waals surface area (Å²) < 4.78 is 0.941. The van der Waals surface area contributed by atoms with Crippen molar-refractivity contribution in [2.75, 3.05) is 5.32 Å². The fourth-order valence-electron chi connectivity index (χ4n) is 2.58. The molecule has 1 saturated carbocycles. The molecule has 3 unspecified atom stereocenters. The number of pyridine rings is 1. The Morgan fingerprint density at radius 3 is 2.82 bits per heavy atom. The third kappa shape index (κ3) is 3.35. The van der Waals surface area contributed by atoms with E-state index in [2.05, 4.69) is 40.1 Å². The second kappa shape index (κ2) is 5.57. The van der Waals surface area contributed by atoms with E-state index < -0.39 is 0 Å².